The third-order valence-electron chi connectivity index (χ3n) is 13.1. The maximum atomic E-state index is 2.45. The SMILES string of the molecule is c1ccc(-c2ccccc2-c2ccc(C(c3ccccc3)c3cccc(-c4ccc(-c5ccc6c7c8ccccc8n(-c8ccccc8)c7n(-c7ccccc7)c6c5)cc4)c3)cc2)cc1. The third-order valence-corrected chi connectivity index (χ3v) is 13.1. The summed E-state index contributed by atoms with van der Waals surface area (Å²) in [4.78, 5) is 0. The van der Waals surface area contributed by atoms with Gasteiger partial charge in [0, 0.05) is 33.5 Å². The maximum absolute atomic E-state index is 2.45. The summed E-state index contributed by atoms with van der Waals surface area (Å²) in [7, 11) is 0. The molecule has 2 heterocycles. The van der Waals surface area contributed by atoms with Crippen molar-refractivity contribution in [3.05, 3.63) is 278 Å². The highest BCUT2D eigenvalue weighted by Gasteiger charge is 2.23. The van der Waals surface area contributed by atoms with Gasteiger partial charge in [-0.05, 0) is 97.6 Å². The van der Waals surface area contributed by atoms with Gasteiger partial charge in [0.15, 0.2) is 0 Å². The first-order valence-corrected chi connectivity index (χ1v) is 22.5. The van der Waals surface area contributed by atoms with Crippen molar-refractivity contribution >= 4 is 32.8 Å². The predicted molar refractivity (Wildman–Crippen MR) is 273 cm³/mol. The standard InChI is InChI=1S/C63H44N2/c1-5-18-46(19-6-1)55-28-13-14-29-56(55)47-36-38-49(39-37-47)61(48-20-7-2-8-21-48)52-23-17-22-50(42-52)44-32-34-45(35-33-44)51-40-41-58-60(43-51)65(54-26-11-4-12-27-54)63-62(58)57-30-15-16-31-59(57)64(63)53-24-9-3-10-25-53/h1-43,61H. The van der Waals surface area contributed by atoms with Crippen LogP contribution in [0.1, 0.15) is 22.6 Å². The number of fused-ring (bicyclic) bond motifs is 5. The molecule has 0 fully saturated rings. The van der Waals surface area contributed by atoms with Gasteiger partial charge in [-0.1, -0.05) is 224 Å². The Bertz CT molecular complexity index is 3600. The summed E-state index contributed by atoms with van der Waals surface area (Å²) < 4.78 is 4.87. The van der Waals surface area contributed by atoms with Gasteiger partial charge in [0.1, 0.15) is 5.65 Å². The van der Waals surface area contributed by atoms with E-state index in [2.05, 4.69) is 270 Å². The van der Waals surface area contributed by atoms with Crippen LogP contribution in [-0.4, -0.2) is 9.13 Å². The quantitative estimate of drug-likeness (QED) is 0.128. The smallest absolute Gasteiger partial charge is 0.131 e. The minimum absolute atomic E-state index is 0.0767. The Morgan fingerprint density at radius 1 is 0.262 bits per heavy atom. The highest BCUT2D eigenvalue weighted by molar-refractivity contribution is 6.22. The molecule has 0 N–H and O–H groups in total. The highest BCUT2D eigenvalue weighted by atomic mass is 15.1. The van der Waals surface area contributed by atoms with Gasteiger partial charge >= 0.3 is 0 Å². The first kappa shape index (κ1) is 38.2. The van der Waals surface area contributed by atoms with Crippen LogP contribution in [0, 0.1) is 0 Å². The summed E-state index contributed by atoms with van der Waals surface area (Å²) in [5.74, 6) is 0.0767. The molecule has 0 spiro atoms. The van der Waals surface area contributed by atoms with Crippen LogP contribution in [0.3, 0.4) is 0 Å². The second-order valence-electron chi connectivity index (χ2n) is 16.9. The van der Waals surface area contributed by atoms with Crippen molar-refractivity contribution in [1.82, 2.24) is 9.13 Å². The summed E-state index contributed by atoms with van der Waals surface area (Å²) in [5, 5.41) is 3.76. The molecule has 1 unspecified atom stereocenters. The van der Waals surface area contributed by atoms with E-state index in [1.165, 1.54) is 94.0 Å². The van der Waals surface area contributed by atoms with Crippen molar-refractivity contribution in [2.75, 3.05) is 0 Å². The average Bonchev–Trinajstić information content (AvgIpc) is 3.90. The molecule has 12 rings (SSSR count). The van der Waals surface area contributed by atoms with Crippen LogP contribution >= 0.6 is 0 Å². The number of benzene rings is 10. The molecule has 0 radical (unpaired) electrons. The number of nitrogens with zero attached hydrogens (tertiary/aromatic N) is 2. The van der Waals surface area contributed by atoms with Gasteiger partial charge in [0.2, 0.25) is 0 Å². The van der Waals surface area contributed by atoms with Crippen LogP contribution in [0.4, 0.5) is 0 Å². The molecule has 2 aromatic heterocycles. The van der Waals surface area contributed by atoms with Crippen LogP contribution in [0.2, 0.25) is 0 Å². The molecular formula is C63H44N2. The molecule has 10 aromatic carbocycles. The second-order valence-corrected chi connectivity index (χ2v) is 16.9. The predicted octanol–water partition coefficient (Wildman–Crippen LogP) is 16.6. The zero-order chi connectivity index (χ0) is 43.1. The maximum Gasteiger partial charge on any atom is 0.131 e. The lowest BCUT2D eigenvalue weighted by Gasteiger charge is -2.20. The van der Waals surface area contributed by atoms with Crippen molar-refractivity contribution in [2.24, 2.45) is 0 Å². The second kappa shape index (κ2) is 16.3. The van der Waals surface area contributed by atoms with E-state index in [4.69, 9.17) is 0 Å². The number of hydrogen-bond acceptors (Lipinski definition) is 0. The molecule has 306 valence electrons. The minimum atomic E-state index is 0.0767. The largest absolute Gasteiger partial charge is 0.295 e. The van der Waals surface area contributed by atoms with E-state index in [1.54, 1.807) is 0 Å². The number of rotatable bonds is 9. The lowest BCUT2D eigenvalue weighted by molar-refractivity contribution is 0.978. The van der Waals surface area contributed by atoms with Crippen LogP contribution in [0.15, 0.2) is 261 Å². The van der Waals surface area contributed by atoms with E-state index < -0.39 is 0 Å². The van der Waals surface area contributed by atoms with E-state index in [9.17, 15) is 0 Å². The van der Waals surface area contributed by atoms with Gasteiger partial charge in [-0.2, -0.15) is 0 Å². The number of aromatic nitrogens is 2. The first-order valence-electron chi connectivity index (χ1n) is 22.5. The number of para-hydroxylation sites is 3. The lowest BCUT2D eigenvalue weighted by Crippen LogP contribution is -2.03. The molecule has 0 aliphatic carbocycles. The van der Waals surface area contributed by atoms with Gasteiger partial charge in [-0.15, -0.1) is 0 Å². The summed E-state index contributed by atoms with van der Waals surface area (Å²) in [6, 6.07) is 95.0. The molecule has 0 saturated heterocycles. The number of hydrogen-bond donors (Lipinski definition) is 0. The average molecular weight is 829 g/mol. The van der Waals surface area contributed by atoms with E-state index in [0.717, 1.165) is 11.4 Å². The molecule has 0 saturated carbocycles. The fourth-order valence-corrected chi connectivity index (χ4v) is 10.0. The molecule has 12 aromatic rings. The summed E-state index contributed by atoms with van der Waals surface area (Å²) in [6.45, 7) is 0. The topological polar surface area (TPSA) is 9.86 Å². The molecule has 0 bridgehead atoms. The monoisotopic (exact) mass is 828 g/mol. The van der Waals surface area contributed by atoms with Crippen LogP contribution in [0.25, 0.3) is 88.7 Å². The Morgan fingerprint density at radius 3 is 1.34 bits per heavy atom. The minimum Gasteiger partial charge on any atom is -0.295 e. The van der Waals surface area contributed by atoms with Crippen molar-refractivity contribution < 1.29 is 0 Å². The summed E-state index contributed by atoms with van der Waals surface area (Å²) in [6.07, 6.45) is 0. The summed E-state index contributed by atoms with van der Waals surface area (Å²) >= 11 is 0. The fraction of sp³-hybridized carbons (Fsp3) is 0.0159. The fourth-order valence-electron chi connectivity index (χ4n) is 10.0. The van der Waals surface area contributed by atoms with Crippen molar-refractivity contribution in [2.45, 2.75) is 5.92 Å². The molecule has 0 amide bonds. The van der Waals surface area contributed by atoms with Crippen molar-refractivity contribution in [1.29, 1.82) is 0 Å². The molecule has 0 aliphatic rings. The van der Waals surface area contributed by atoms with E-state index >= 15 is 0 Å². The van der Waals surface area contributed by atoms with Crippen LogP contribution in [-0.2, 0) is 0 Å². The van der Waals surface area contributed by atoms with Crippen molar-refractivity contribution in [3.8, 4) is 55.9 Å². The van der Waals surface area contributed by atoms with E-state index in [0.29, 0.717) is 0 Å². The first-order chi connectivity index (χ1) is 32.3. The molecule has 2 heteroatoms. The van der Waals surface area contributed by atoms with Gasteiger partial charge in [-0.25, -0.2) is 0 Å². The highest BCUT2D eigenvalue weighted by Crippen LogP contribution is 2.43. The Balaban J connectivity index is 0.912. The lowest BCUT2D eigenvalue weighted by atomic mass is 9.83. The zero-order valence-corrected chi connectivity index (χ0v) is 35.8. The van der Waals surface area contributed by atoms with E-state index in [1.807, 2.05) is 0 Å². The Kier molecular flexibility index (Phi) is 9.61. The Hall–Kier alpha value is -8.46. The summed E-state index contributed by atoms with van der Waals surface area (Å²) in [5.41, 5.74) is 19.3. The van der Waals surface area contributed by atoms with Crippen LogP contribution < -0.4 is 0 Å². The Labute approximate surface area is 379 Å². The molecule has 1 atom stereocenters. The molecular weight excluding hydrogens is 785 g/mol. The van der Waals surface area contributed by atoms with Crippen molar-refractivity contribution in [3.63, 3.8) is 0 Å². The van der Waals surface area contributed by atoms with Gasteiger partial charge in [0.05, 0.1) is 11.0 Å². The normalized spacial score (nSPS) is 11.9. The van der Waals surface area contributed by atoms with Gasteiger partial charge < -0.3 is 0 Å². The molecule has 65 heavy (non-hydrogen) atoms. The molecule has 2 nitrogen and oxygen atoms in total. The van der Waals surface area contributed by atoms with Gasteiger partial charge in [-0.3, -0.25) is 9.13 Å². The third kappa shape index (κ3) is 6.84. The van der Waals surface area contributed by atoms with E-state index in [-0.39, 0.29) is 5.92 Å². The van der Waals surface area contributed by atoms with Gasteiger partial charge in [0.25, 0.3) is 0 Å². The molecule has 0 aliphatic heterocycles. The zero-order valence-electron chi connectivity index (χ0n) is 35.8. The van der Waals surface area contributed by atoms with Crippen LogP contribution in [0.5, 0.6) is 0 Å². The Morgan fingerprint density at radius 2 is 0.692 bits per heavy atom.